The molecule has 0 unspecified atom stereocenters. The molecule has 186 valence electrons. The maximum absolute atomic E-state index is 13.0. The van der Waals surface area contributed by atoms with Gasteiger partial charge in [-0.1, -0.05) is 5.16 Å². The molecule has 0 radical (unpaired) electrons. The summed E-state index contributed by atoms with van der Waals surface area (Å²) in [6.45, 7) is 1.28. The molecule has 2 fully saturated rings. The summed E-state index contributed by atoms with van der Waals surface area (Å²) < 4.78 is 4.87. The number of carboxylic acids is 1. The maximum atomic E-state index is 13.0. The van der Waals surface area contributed by atoms with Crippen LogP contribution in [0.25, 0.3) is 0 Å². The van der Waals surface area contributed by atoms with Crippen LogP contribution in [-0.2, 0) is 33.5 Å². The largest absolute Gasteiger partial charge is 1.00 e. The first kappa shape index (κ1) is 27.9. The molecule has 36 heavy (non-hydrogen) atoms. The summed E-state index contributed by atoms with van der Waals surface area (Å²) in [5, 5.41) is 21.5. The predicted molar refractivity (Wildman–Crippen MR) is 119 cm³/mol. The Kier molecular flexibility index (Phi) is 8.99. The average Bonchev–Trinajstić information content (AvgIpc) is 3.43. The number of thiazole rings is 1. The van der Waals surface area contributed by atoms with Gasteiger partial charge in [-0.25, -0.2) is 4.98 Å². The number of aromatic nitrogens is 1. The number of aliphatic carboxylic acids is 1. The number of ether oxygens (including phenoxy) is 1. The number of amides is 3. The maximum Gasteiger partial charge on any atom is 1.00 e. The van der Waals surface area contributed by atoms with E-state index in [0.717, 1.165) is 16.2 Å². The number of esters is 1. The summed E-state index contributed by atoms with van der Waals surface area (Å²) in [6.07, 6.45) is -0.519. The summed E-state index contributed by atoms with van der Waals surface area (Å²) in [5.74, 6) is -3.95. The number of carbonyl (C=O) groups is 5. The minimum absolute atomic E-state index is 0. The third kappa shape index (κ3) is 5.67. The second-order valence-corrected chi connectivity index (χ2v) is 9.56. The fraction of sp³-hybridized carbons (Fsp3) is 0.421. The SMILES string of the molecule is CC(=O)OCC1=C(C(=O)[O-])N2C(=O)[C@@H](NC(=O)/C(=N\O[C@H]3CCNC3=O)c3csc(N)n3)[C@H]2SC1.[Na+]. The molecule has 3 atom stereocenters. The van der Waals surface area contributed by atoms with Gasteiger partial charge in [0.1, 0.15) is 23.7 Å². The molecule has 3 aliphatic heterocycles. The number of anilines is 1. The van der Waals surface area contributed by atoms with Gasteiger partial charge in [-0.3, -0.25) is 24.1 Å². The quantitative estimate of drug-likeness (QED) is 0.0921. The van der Waals surface area contributed by atoms with Gasteiger partial charge in [-0.15, -0.1) is 23.1 Å². The van der Waals surface area contributed by atoms with Gasteiger partial charge in [-0.2, -0.15) is 0 Å². The summed E-state index contributed by atoms with van der Waals surface area (Å²) in [6, 6.07) is -1.08. The van der Waals surface area contributed by atoms with Crippen molar-refractivity contribution in [3.63, 3.8) is 0 Å². The van der Waals surface area contributed by atoms with E-state index in [-0.39, 0.29) is 75.6 Å². The minimum atomic E-state index is -1.60. The molecular weight excluding hydrogens is 527 g/mol. The van der Waals surface area contributed by atoms with Crippen LogP contribution >= 0.6 is 23.1 Å². The zero-order chi connectivity index (χ0) is 25.3. The second kappa shape index (κ2) is 11.6. The van der Waals surface area contributed by atoms with Crippen LogP contribution in [0.5, 0.6) is 0 Å². The summed E-state index contributed by atoms with van der Waals surface area (Å²) in [5.41, 5.74) is 5.27. The number of rotatable bonds is 8. The first-order valence-electron chi connectivity index (χ1n) is 10.2. The fourth-order valence-corrected chi connectivity index (χ4v) is 5.45. The van der Waals surface area contributed by atoms with Crippen molar-refractivity contribution in [2.75, 3.05) is 24.6 Å². The Morgan fingerprint density at radius 1 is 1.39 bits per heavy atom. The number of hydrogen-bond acceptors (Lipinski definition) is 13. The standard InChI is InChI=1S/C19H20N6O8S2.Na/c1-7(26)32-4-8-5-34-17-12(16(29)25(17)13(8)18(30)31)23-15(28)11(9-6-35-19(20)22-9)24-33-10-2-3-21-14(10)27;/h6,10,12,17H,2-5H2,1H3,(H2,20,22)(H,21,27)(H,23,28)(H,30,31);/q;+1/p-1/b24-11-;/t10-,12+,17+;/m0./s1. The van der Waals surface area contributed by atoms with Gasteiger partial charge >= 0.3 is 35.5 Å². The zero-order valence-corrected chi connectivity index (χ0v) is 22.8. The van der Waals surface area contributed by atoms with Crippen molar-refractivity contribution in [3.8, 4) is 0 Å². The van der Waals surface area contributed by atoms with Crippen LogP contribution in [0.2, 0.25) is 0 Å². The normalized spacial score (nSPS) is 23.2. The van der Waals surface area contributed by atoms with E-state index in [2.05, 4.69) is 20.8 Å². The number of carbonyl (C=O) groups excluding carboxylic acids is 5. The first-order valence-corrected chi connectivity index (χ1v) is 12.2. The molecule has 1 aromatic rings. The number of hydrogen-bond donors (Lipinski definition) is 3. The van der Waals surface area contributed by atoms with Crippen LogP contribution in [0.4, 0.5) is 5.13 Å². The molecule has 4 N–H and O–H groups in total. The van der Waals surface area contributed by atoms with E-state index >= 15 is 0 Å². The monoisotopic (exact) mass is 546 g/mol. The van der Waals surface area contributed by atoms with Gasteiger partial charge in [-0.05, 0) is 0 Å². The van der Waals surface area contributed by atoms with Gasteiger partial charge in [0.2, 0.25) is 6.10 Å². The summed E-state index contributed by atoms with van der Waals surface area (Å²) in [7, 11) is 0. The Labute approximate surface area is 234 Å². The Morgan fingerprint density at radius 2 is 2.14 bits per heavy atom. The Morgan fingerprint density at radius 3 is 2.72 bits per heavy atom. The van der Waals surface area contributed by atoms with E-state index in [1.165, 1.54) is 24.1 Å². The Hall–Kier alpha value is -2.66. The number of nitrogens with two attached hydrogens (primary N) is 1. The van der Waals surface area contributed by atoms with E-state index in [1.807, 2.05) is 0 Å². The number of β-lactam (4-membered cyclic amide) rings is 1. The van der Waals surface area contributed by atoms with E-state index in [9.17, 15) is 29.1 Å². The van der Waals surface area contributed by atoms with Crippen molar-refractivity contribution in [2.24, 2.45) is 5.16 Å². The zero-order valence-electron chi connectivity index (χ0n) is 19.1. The summed E-state index contributed by atoms with van der Waals surface area (Å²) in [4.78, 5) is 70.7. The fourth-order valence-electron chi connectivity index (χ4n) is 3.57. The number of thioether (sulfide) groups is 1. The number of fused-ring (bicyclic) bond motifs is 1. The van der Waals surface area contributed by atoms with Crippen molar-refractivity contribution in [1.82, 2.24) is 20.5 Å². The van der Waals surface area contributed by atoms with Gasteiger partial charge in [0.05, 0.1) is 11.7 Å². The third-order valence-electron chi connectivity index (χ3n) is 5.23. The molecule has 4 rings (SSSR count). The molecular formula is C19H19N6NaO8S2. The molecule has 0 aliphatic carbocycles. The van der Waals surface area contributed by atoms with Gasteiger partial charge in [0.15, 0.2) is 10.8 Å². The van der Waals surface area contributed by atoms with Crippen LogP contribution in [0.15, 0.2) is 21.8 Å². The Balaban J connectivity index is 0.00000361. The van der Waals surface area contributed by atoms with Crippen molar-refractivity contribution < 1.29 is 68.2 Å². The number of carboxylic acid groups (broad SMARTS) is 1. The molecule has 14 nitrogen and oxygen atoms in total. The number of nitrogen functional groups attached to an aromatic ring is 1. The number of nitrogens with zero attached hydrogens (tertiary/aromatic N) is 3. The first-order chi connectivity index (χ1) is 16.7. The van der Waals surface area contributed by atoms with E-state index in [1.54, 1.807) is 0 Å². The molecule has 2 saturated heterocycles. The van der Waals surface area contributed by atoms with Crippen LogP contribution in [-0.4, -0.2) is 81.7 Å². The van der Waals surface area contributed by atoms with Gasteiger partial charge < -0.3 is 35.8 Å². The molecule has 0 bridgehead atoms. The molecule has 0 saturated carbocycles. The minimum Gasteiger partial charge on any atom is -0.543 e. The van der Waals surface area contributed by atoms with Crippen LogP contribution in [0.1, 0.15) is 19.0 Å². The van der Waals surface area contributed by atoms with E-state index in [4.69, 9.17) is 15.3 Å². The van der Waals surface area contributed by atoms with Crippen LogP contribution in [0.3, 0.4) is 0 Å². The van der Waals surface area contributed by atoms with Gasteiger partial charge in [0.25, 0.3) is 17.7 Å². The Bertz CT molecular complexity index is 1170. The van der Waals surface area contributed by atoms with E-state index in [0.29, 0.717) is 13.0 Å². The number of nitrogens with one attached hydrogen (secondary N) is 2. The molecule has 3 aliphatic rings. The van der Waals surface area contributed by atoms with Crippen molar-refractivity contribution >= 4 is 63.6 Å². The van der Waals surface area contributed by atoms with Gasteiger partial charge in [0, 0.05) is 36.6 Å². The predicted octanol–water partition coefficient (Wildman–Crippen LogP) is -5.69. The topological polar surface area (TPSA) is 205 Å². The summed E-state index contributed by atoms with van der Waals surface area (Å²) >= 11 is 2.24. The van der Waals surface area contributed by atoms with Crippen molar-refractivity contribution in [2.45, 2.75) is 30.9 Å². The smallest absolute Gasteiger partial charge is 0.543 e. The average molecular weight is 547 g/mol. The second-order valence-electron chi connectivity index (χ2n) is 7.57. The molecule has 17 heteroatoms. The number of oxime groups is 1. The van der Waals surface area contributed by atoms with Crippen molar-refractivity contribution in [3.05, 3.63) is 22.3 Å². The van der Waals surface area contributed by atoms with Crippen LogP contribution in [0, 0.1) is 0 Å². The van der Waals surface area contributed by atoms with Crippen LogP contribution < -0.4 is 51.0 Å². The molecule has 0 aromatic carbocycles. The molecule has 4 heterocycles. The third-order valence-corrected chi connectivity index (χ3v) is 7.24. The molecule has 0 spiro atoms. The van der Waals surface area contributed by atoms with Crippen molar-refractivity contribution in [1.29, 1.82) is 0 Å². The van der Waals surface area contributed by atoms with E-state index < -0.39 is 41.3 Å². The molecule has 3 amide bonds. The molecule has 1 aromatic heterocycles.